The molecule has 0 aliphatic heterocycles. The van der Waals surface area contributed by atoms with E-state index in [0.717, 1.165) is 0 Å². The van der Waals surface area contributed by atoms with Crippen molar-refractivity contribution in [1.29, 1.82) is 0 Å². The zero-order valence-electron chi connectivity index (χ0n) is 9.04. The molecular weight excluding hydrogens is 184 g/mol. The normalized spacial score (nSPS) is 12.9. The summed E-state index contributed by atoms with van der Waals surface area (Å²) in [6, 6.07) is 0.146. The molecule has 84 valence electrons. The maximum absolute atomic E-state index is 11.1. The Bertz CT molecular complexity index is 162. The third-order valence-electron chi connectivity index (χ3n) is 1.47. The number of ether oxygens (including phenoxy) is 1. The second-order valence-electron chi connectivity index (χ2n) is 3.46. The molecule has 5 heteroatoms. The molecule has 0 radical (unpaired) electrons. The van der Waals surface area contributed by atoms with Gasteiger partial charge in [0.2, 0.25) is 5.91 Å². The molecule has 5 nitrogen and oxygen atoms in total. The minimum atomic E-state index is -0.563. The van der Waals surface area contributed by atoms with Crippen LogP contribution in [0.5, 0.6) is 0 Å². The Hall–Kier alpha value is -0.650. The highest BCUT2D eigenvalue weighted by Gasteiger charge is 2.05. The molecule has 0 aliphatic rings. The number of nitrogens with one attached hydrogen (secondary N) is 2. The lowest BCUT2D eigenvalue weighted by molar-refractivity contribution is -0.120. The molecule has 1 atom stereocenters. The molecule has 3 N–H and O–H groups in total. The molecule has 0 heterocycles. The van der Waals surface area contributed by atoms with Gasteiger partial charge >= 0.3 is 0 Å². The first-order valence-corrected chi connectivity index (χ1v) is 4.73. The number of amides is 1. The van der Waals surface area contributed by atoms with Crippen molar-refractivity contribution in [3.8, 4) is 0 Å². The molecule has 0 bridgehead atoms. The molecule has 1 unspecified atom stereocenters. The van der Waals surface area contributed by atoms with E-state index >= 15 is 0 Å². The maximum Gasteiger partial charge on any atom is 0.234 e. The van der Waals surface area contributed by atoms with Gasteiger partial charge in [-0.2, -0.15) is 0 Å². The smallest absolute Gasteiger partial charge is 0.234 e. The van der Waals surface area contributed by atoms with E-state index in [1.807, 2.05) is 13.8 Å². The fourth-order valence-electron chi connectivity index (χ4n) is 0.977. The molecule has 0 aromatic carbocycles. The van der Waals surface area contributed by atoms with E-state index in [2.05, 4.69) is 10.6 Å². The summed E-state index contributed by atoms with van der Waals surface area (Å²) in [5.41, 5.74) is 0. The summed E-state index contributed by atoms with van der Waals surface area (Å²) in [6.45, 7) is 4.66. The Morgan fingerprint density at radius 1 is 1.50 bits per heavy atom. The van der Waals surface area contributed by atoms with Crippen molar-refractivity contribution in [3.63, 3.8) is 0 Å². The van der Waals surface area contributed by atoms with E-state index in [0.29, 0.717) is 6.54 Å². The van der Waals surface area contributed by atoms with Crippen LogP contribution in [0.15, 0.2) is 0 Å². The predicted octanol–water partition coefficient (Wildman–Crippen LogP) is -0.892. The van der Waals surface area contributed by atoms with Crippen LogP contribution in [-0.2, 0) is 9.53 Å². The zero-order chi connectivity index (χ0) is 11.0. The van der Waals surface area contributed by atoms with E-state index in [9.17, 15) is 9.90 Å². The van der Waals surface area contributed by atoms with Gasteiger partial charge in [0.25, 0.3) is 0 Å². The van der Waals surface area contributed by atoms with E-state index < -0.39 is 6.10 Å². The van der Waals surface area contributed by atoms with Crippen LogP contribution in [0, 0.1) is 0 Å². The lowest BCUT2D eigenvalue weighted by atomic mass is 10.3. The zero-order valence-corrected chi connectivity index (χ0v) is 9.04. The van der Waals surface area contributed by atoms with Crippen LogP contribution in [0.3, 0.4) is 0 Å². The second-order valence-corrected chi connectivity index (χ2v) is 3.46. The third-order valence-corrected chi connectivity index (χ3v) is 1.47. The van der Waals surface area contributed by atoms with Crippen molar-refractivity contribution in [1.82, 2.24) is 10.6 Å². The van der Waals surface area contributed by atoms with Crippen molar-refractivity contribution in [2.24, 2.45) is 0 Å². The Kier molecular flexibility index (Phi) is 7.37. The van der Waals surface area contributed by atoms with Crippen LogP contribution >= 0.6 is 0 Å². The largest absolute Gasteiger partial charge is 0.389 e. The SMILES string of the molecule is COCC(O)CNCC(=O)NC(C)C. The van der Waals surface area contributed by atoms with Gasteiger partial charge in [0.15, 0.2) is 0 Å². The number of carbonyl (C=O) groups excluding carboxylic acids is 1. The fourth-order valence-corrected chi connectivity index (χ4v) is 0.977. The summed E-state index contributed by atoms with van der Waals surface area (Å²) in [6.07, 6.45) is -0.563. The predicted molar refractivity (Wildman–Crippen MR) is 54.0 cm³/mol. The molecule has 0 aromatic rings. The highest BCUT2D eigenvalue weighted by molar-refractivity contribution is 5.78. The number of carbonyl (C=O) groups is 1. The van der Waals surface area contributed by atoms with Gasteiger partial charge in [-0.3, -0.25) is 4.79 Å². The van der Waals surface area contributed by atoms with E-state index in [-0.39, 0.29) is 25.1 Å². The van der Waals surface area contributed by atoms with Crippen LogP contribution in [0.4, 0.5) is 0 Å². The van der Waals surface area contributed by atoms with Crippen LogP contribution in [0.25, 0.3) is 0 Å². The average molecular weight is 204 g/mol. The Balaban J connectivity index is 3.39. The molecule has 0 aromatic heterocycles. The Morgan fingerprint density at radius 3 is 2.64 bits per heavy atom. The first kappa shape index (κ1) is 13.4. The fraction of sp³-hybridized carbons (Fsp3) is 0.889. The Labute approximate surface area is 84.8 Å². The van der Waals surface area contributed by atoms with Crippen LogP contribution in [0.1, 0.15) is 13.8 Å². The first-order chi connectivity index (χ1) is 6.56. The van der Waals surface area contributed by atoms with Gasteiger partial charge in [0.1, 0.15) is 0 Å². The minimum Gasteiger partial charge on any atom is -0.389 e. The molecule has 0 rings (SSSR count). The Morgan fingerprint density at radius 2 is 2.14 bits per heavy atom. The highest BCUT2D eigenvalue weighted by atomic mass is 16.5. The van der Waals surface area contributed by atoms with Gasteiger partial charge in [-0.1, -0.05) is 0 Å². The van der Waals surface area contributed by atoms with E-state index in [1.54, 1.807) is 0 Å². The lowest BCUT2D eigenvalue weighted by Gasteiger charge is -2.11. The molecular formula is C9H20N2O3. The molecule has 0 aliphatic carbocycles. The van der Waals surface area contributed by atoms with Crippen molar-refractivity contribution < 1.29 is 14.6 Å². The highest BCUT2D eigenvalue weighted by Crippen LogP contribution is 1.81. The molecule has 0 spiro atoms. The molecule has 0 fully saturated rings. The average Bonchev–Trinajstić information content (AvgIpc) is 2.02. The van der Waals surface area contributed by atoms with Crippen molar-refractivity contribution in [3.05, 3.63) is 0 Å². The monoisotopic (exact) mass is 204 g/mol. The van der Waals surface area contributed by atoms with Crippen molar-refractivity contribution in [2.45, 2.75) is 26.0 Å². The summed E-state index contributed by atoms with van der Waals surface area (Å²) >= 11 is 0. The molecule has 0 saturated heterocycles. The van der Waals surface area contributed by atoms with Gasteiger partial charge in [0, 0.05) is 19.7 Å². The summed E-state index contributed by atoms with van der Waals surface area (Å²) in [4.78, 5) is 11.1. The van der Waals surface area contributed by atoms with Gasteiger partial charge in [-0.15, -0.1) is 0 Å². The van der Waals surface area contributed by atoms with Gasteiger partial charge in [-0.05, 0) is 13.8 Å². The minimum absolute atomic E-state index is 0.0652. The van der Waals surface area contributed by atoms with E-state index in [4.69, 9.17) is 4.74 Å². The van der Waals surface area contributed by atoms with Gasteiger partial charge in [0.05, 0.1) is 19.3 Å². The number of aliphatic hydroxyl groups is 1. The number of hydrogen-bond acceptors (Lipinski definition) is 4. The summed E-state index contributed by atoms with van der Waals surface area (Å²) in [5.74, 6) is -0.0652. The summed E-state index contributed by atoms with van der Waals surface area (Å²) in [7, 11) is 1.52. The first-order valence-electron chi connectivity index (χ1n) is 4.73. The number of hydrogen-bond donors (Lipinski definition) is 3. The standard InChI is InChI=1S/C9H20N2O3/c1-7(2)11-9(13)5-10-4-8(12)6-14-3/h7-8,10,12H,4-6H2,1-3H3,(H,11,13). The maximum atomic E-state index is 11.1. The van der Waals surface area contributed by atoms with Gasteiger partial charge in [-0.25, -0.2) is 0 Å². The number of aliphatic hydroxyl groups excluding tert-OH is 1. The summed E-state index contributed by atoms with van der Waals surface area (Å²) in [5, 5.41) is 14.8. The van der Waals surface area contributed by atoms with Crippen molar-refractivity contribution in [2.75, 3.05) is 26.8 Å². The van der Waals surface area contributed by atoms with Crippen LogP contribution in [-0.4, -0.2) is 50.0 Å². The van der Waals surface area contributed by atoms with Crippen LogP contribution in [0.2, 0.25) is 0 Å². The van der Waals surface area contributed by atoms with Crippen LogP contribution < -0.4 is 10.6 Å². The van der Waals surface area contributed by atoms with Gasteiger partial charge < -0.3 is 20.5 Å². The summed E-state index contributed by atoms with van der Waals surface area (Å²) < 4.78 is 4.74. The van der Waals surface area contributed by atoms with Crippen molar-refractivity contribution >= 4 is 5.91 Å². The molecule has 1 amide bonds. The third kappa shape index (κ3) is 7.97. The quantitative estimate of drug-likeness (QED) is 0.503. The number of rotatable bonds is 7. The molecule has 0 saturated carbocycles. The molecule has 14 heavy (non-hydrogen) atoms. The number of methoxy groups -OCH3 is 1. The second kappa shape index (κ2) is 7.73. The lowest BCUT2D eigenvalue weighted by Crippen LogP contribution is -2.40. The van der Waals surface area contributed by atoms with E-state index in [1.165, 1.54) is 7.11 Å². The topological polar surface area (TPSA) is 70.6 Å².